The van der Waals surface area contributed by atoms with Crippen LogP contribution in [0.2, 0.25) is 0 Å². The smallest absolute Gasteiger partial charge is 0.408 e. The van der Waals surface area contributed by atoms with Crippen molar-refractivity contribution in [1.29, 1.82) is 0 Å². The molecule has 0 bridgehead atoms. The maximum absolute atomic E-state index is 14.1. The number of ether oxygens (including phenoxy) is 2. The number of nitrogens with two attached hydrogens (primary N) is 1. The Morgan fingerprint density at radius 1 is 1.02 bits per heavy atom. The molecule has 0 aliphatic carbocycles. The van der Waals surface area contributed by atoms with Gasteiger partial charge in [0.2, 0.25) is 11.8 Å². The first kappa shape index (κ1) is 32.1. The molecule has 0 spiro atoms. The van der Waals surface area contributed by atoms with Crippen molar-refractivity contribution in [3.8, 4) is 5.75 Å². The summed E-state index contributed by atoms with van der Waals surface area (Å²) in [7, 11) is 1.55. The Morgan fingerprint density at radius 2 is 1.68 bits per heavy atom. The molecule has 0 aromatic heterocycles. The fourth-order valence-corrected chi connectivity index (χ4v) is 4.12. The summed E-state index contributed by atoms with van der Waals surface area (Å²) in [4.78, 5) is 53.8. The number of hydrogen-bond acceptors (Lipinski definition) is 6. The SMILES string of the molecule is CCCCN(C(=O)C(CCC(N)=O)NC(=O)OC(C)(C)C)C(C(=O)Nc1ccc(OC)cc1)c1ccccc1C. The van der Waals surface area contributed by atoms with E-state index in [1.54, 1.807) is 58.2 Å². The highest BCUT2D eigenvalue weighted by Crippen LogP contribution is 2.28. The third-order valence-electron chi connectivity index (χ3n) is 6.10. The van der Waals surface area contributed by atoms with Crippen LogP contribution >= 0.6 is 0 Å². The molecule has 4 amide bonds. The van der Waals surface area contributed by atoms with Crippen LogP contribution in [-0.2, 0) is 19.1 Å². The van der Waals surface area contributed by atoms with Crippen LogP contribution in [0.4, 0.5) is 10.5 Å². The Bertz CT molecular complexity index is 1160. The summed E-state index contributed by atoms with van der Waals surface area (Å²) in [5.41, 5.74) is 6.57. The van der Waals surface area contributed by atoms with E-state index in [0.29, 0.717) is 23.4 Å². The Labute approximate surface area is 236 Å². The van der Waals surface area contributed by atoms with Gasteiger partial charge in [0.15, 0.2) is 0 Å². The number of methoxy groups -OCH3 is 1. The number of hydrogen-bond donors (Lipinski definition) is 3. The molecular weight excluding hydrogens is 512 g/mol. The second-order valence-corrected chi connectivity index (χ2v) is 10.6. The van der Waals surface area contributed by atoms with Crippen LogP contribution in [0.3, 0.4) is 0 Å². The van der Waals surface area contributed by atoms with Crippen LogP contribution in [0.5, 0.6) is 5.75 Å². The van der Waals surface area contributed by atoms with Gasteiger partial charge in [-0.15, -0.1) is 0 Å². The number of nitrogens with one attached hydrogen (secondary N) is 2. The number of amides is 4. The van der Waals surface area contributed by atoms with Crippen molar-refractivity contribution in [2.24, 2.45) is 5.73 Å². The van der Waals surface area contributed by atoms with E-state index in [2.05, 4.69) is 10.6 Å². The standard InChI is InChI=1S/C30H42N4O6/c1-7-8-19-34(28(37)24(17-18-25(31)35)33-29(38)40-30(3,4)5)26(23-12-10-9-11-20(23)2)27(36)32-21-13-15-22(39-6)16-14-21/h9-16,24,26H,7-8,17-19H2,1-6H3,(H2,31,35)(H,32,36)(H,33,38). The Balaban J connectivity index is 2.53. The molecular formula is C30H42N4O6. The van der Waals surface area contributed by atoms with Crippen molar-refractivity contribution >= 4 is 29.5 Å². The zero-order valence-corrected chi connectivity index (χ0v) is 24.3. The van der Waals surface area contributed by atoms with Crippen LogP contribution in [0, 0.1) is 6.92 Å². The zero-order chi connectivity index (χ0) is 29.9. The molecule has 2 aromatic rings. The number of primary amides is 1. The first-order valence-corrected chi connectivity index (χ1v) is 13.4. The number of nitrogens with zero attached hydrogens (tertiary/aromatic N) is 1. The van der Waals surface area contributed by atoms with Gasteiger partial charge in [-0.2, -0.15) is 0 Å². The normalized spacial score (nSPS) is 12.6. The van der Waals surface area contributed by atoms with E-state index in [4.69, 9.17) is 15.2 Å². The third kappa shape index (κ3) is 9.91. The van der Waals surface area contributed by atoms with Gasteiger partial charge in [0.1, 0.15) is 23.4 Å². The highest BCUT2D eigenvalue weighted by Gasteiger charge is 2.36. The minimum atomic E-state index is -1.14. The van der Waals surface area contributed by atoms with E-state index in [1.165, 1.54) is 4.90 Å². The molecule has 2 unspecified atom stereocenters. The van der Waals surface area contributed by atoms with Gasteiger partial charge in [0.05, 0.1) is 7.11 Å². The number of alkyl carbamates (subject to hydrolysis) is 1. The Kier molecular flexibility index (Phi) is 12.0. The maximum atomic E-state index is 14.1. The summed E-state index contributed by atoms with van der Waals surface area (Å²) in [6.07, 6.45) is 0.382. The average Bonchev–Trinajstić information content (AvgIpc) is 2.88. The van der Waals surface area contributed by atoms with Crippen LogP contribution in [0.1, 0.15) is 70.5 Å². The second-order valence-electron chi connectivity index (χ2n) is 10.6. The topological polar surface area (TPSA) is 140 Å². The van der Waals surface area contributed by atoms with E-state index in [9.17, 15) is 19.2 Å². The summed E-state index contributed by atoms with van der Waals surface area (Å²) in [5.74, 6) is -0.913. The molecule has 2 rings (SSSR count). The lowest BCUT2D eigenvalue weighted by molar-refractivity contribution is -0.141. The molecule has 0 aliphatic heterocycles. The molecule has 0 saturated heterocycles. The lowest BCUT2D eigenvalue weighted by Gasteiger charge is -2.35. The van der Waals surface area contributed by atoms with Gasteiger partial charge in [0, 0.05) is 18.7 Å². The van der Waals surface area contributed by atoms with Gasteiger partial charge in [-0.25, -0.2) is 4.79 Å². The van der Waals surface area contributed by atoms with Crippen LogP contribution in [0.25, 0.3) is 0 Å². The molecule has 0 fully saturated rings. The molecule has 10 nitrogen and oxygen atoms in total. The van der Waals surface area contributed by atoms with Crippen molar-refractivity contribution in [1.82, 2.24) is 10.2 Å². The molecule has 218 valence electrons. The predicted molar refractivity (Wildman–Crippen MR) is 154 cm³/mol. The van der Waals surface area contributed by atoms with Gasteiger partial charge in [0.25, 0.3) is 5.91 Å². The fraction of sp³-hybridized carbons (Fsp3) is 0.467. The van der Waals surface area contributed by atoms with Gasteiger partial charge < -0.3 is 30.7 Å². The summed E-state index contributed by atoms with van der Waals surface area (Å²) in [6.45, 7) is 9.21. The zero-order valence-electron chi connectivity index (χ0n) is 24.3. The highest BCUT2D eigenvalue weighted by atomic mass is 16.6. The second kappa shape index (κ2) is 14.9. The summed E-state index contributed by atoms with van der Waals surface area (Å²) >= 11 is 0. The molecule has 40 heavy (non-hydrogen) atoms. The van der Waals surface area contributed by atoms with E-state index >= 15 is 0 Å². The van der Waals surface area contributed by atoms with Crippen molar-refractivity contribution in [3.05, 3.63) is 59.7 Å². The van der Waals surface area contributed by atoms with E-state index in [0.717, 1.165) is 12.0 Å². The number of benzene rings is 2. The van der Waals surface area contributed by atoms with Gasteiger partial charge in [-0.3, -0.25) is 14.4 Å². The maximum Gasteiger partial charge on any atom is 0.408 e. The number of aryl methyl sites for hydroxylation is 1. The van der Waals surface area contributed by atoms with E-state index in [-0.39, 0.29) is 19.4 Å². The lowest BCUT2D eigenvalue weighted by Crippen LogP contribution is -2.53. The van der Waals surface area contributed by atoms with Crippen molar-refractivity contribution in [2.75, 3.05) is 19.0 Å². The van der Waals surface area contributed by atoms with Gasteiger partial charge in [-0.05, 0) is 75.9 Å². The number of rotatable bonds is 13. The van der Waals surface area contributed by atoms with Crippen molar-refractivity contribution < 1.29 is 28.7 Å². The quantitative estimate of drug-likeness (QED) is 0.334. The average molecular weight is 555 g/mol. The number of carbonyl (C=O) groups is 4. The predicted octanol–water partition coefficient (Wildman–Crippen LogP) is 4.47. The number of unbranched alkanes of at least 4 members (excludes halogenated alkanes) is 1. The van der Waals surface area contributed by atoms with E-state index < -0.39 is 41.5 Å². The van der Waals surface area contributed by atoms with Crippen LogP contribution in [-0.4, -0.2) is 54.0 Å². The molecule has 2 aromatic carbocycles. The number of carbonyl (C=O) groups excluding carboxylic acids is 4. The van der Waals surface area contributed by atoms with Crippen molar-refractivity contribution in [3.63, 3.8) is 0 Å². The molecule has 0 aliphatic rings. The Hall–Kier alpha value is -4.08. The third-order valence-corrected chi connectivity index (χ3v) is 6.10. The molecule has 0 heterocycles. The Morgan fingerprint density at radius 3 is 2.23 bits per heavy atom. The largest absolute Gasteiger partial charge is 0.497 e. The minimum Gasteiger partial charge on any atom is -0.497 e. The first-order chi connectivity index (χ1) is 18.9. The molecule has 0 radical (unpaired) electrons. The summed E-state index contributed by atoms with van der Waals surface area (Å²) in [6, 6.07) is 12.1. The summed E-state index contributed by atoms with van der Waals surface area (Å²) in [5, 5.41) is 5.52. The summed E-state index contributed by atoms with van der Waals surface area (Å²) < 4.78 is 10.6. The monoisotopic (exact) mass is 554 g/mol. The molecule has 0 saturated carbocycles. The molecule has 2 atom stereocenters. The lowest BCUT2D eigenvalue weighted by atomic mass is 9.97. The van der Waals surface area contributed by atoms with E-state index in [1.807, 2.05) is 32.0 Å². The van der Waals surface area contributed by atoms with Gasteiger partial charge >= 0.3 is 6.09 Å². The van der Waals surface area contributed by atoms with Gasteiger partial charge in [-0.1, -0.05) is 37.6 Å². The first-order valence-electron chi connectivity index (χ1n) is 13.4. The fourth-order valence-electron chi connectivity index (χ4n) is 4.12. The van der Waals surface area contributed by atoms with Crippen LogP contribution < -0.4 is 21.1 Å². The molecule has 4 N–H and O–H groups in total. The van der Waals surface area contributed by atoms with Crippen LogP contribution in [0.15, 0.2) is 48.5 Å². The molecule has 10 heteroatoms. The number of anilines is 1. The van der Waals surface area contributed by atoms with Crippen molar-refractivity contribution in [2.45, 2.75) is 78.0 Å². The highest BCUT2D eigenvalue weighted by molar-refractivity contribution is 5.99. The minimum absolute atomic E-state index is 0.0450.